The summed E-state index contributed by atoms with van der Waals surface area (Å²) < 4.78 is 5.63. The maximum Gasteiger partial charge on any atom is 0.119 e. The Labute approximate surface area is 140 Å². The molecule has 1 aromatic carbocycles. The van der Waals surface area contributed by atoms with Crippen LogP contribution in [0.15, 0.2) is 41.1 Å². The van der Waals surface area contributed by atoms with E-state index in [1.54, 1.807) is 23.5 Å². The van der Waals surface area contributed by atoms with Gasteiger partial charge in [-0.2, -0.15) is 11.3 Å². The normalized spacial score (nSPS) is 16.0. The summed E-state index contributed by atoms with van der Waals surface area (Å²) in [4.78, 5) is 2.36. The molecule has 0 bridgehead atoms. The van der Waals surface area contributed by atoms with Crippen LogP contribution in [0.2, 0.25) is 5.02 Å². The van der Waals surface area contributed by atoms with Crippen LogP contribution < -0.4 is 4.74 Å². The van der Waals surface area contributed by atoms with Crippen molar-refractivity contribution in [3.63, 3.8) is 0 Å². The molecule has 1 N–H and O–H groups in total. The first kappa shape index (κ1) is 15.8. The van der Waals surface area contributed by atoms with Crippen LogP contribution in [0.4, 0.5) is 0 Å². The van der Waals surface area contributed by atoms with Crippen LogP contribution in [0.25, 0.3) is 0 Å². The fraction of sp³-hybridized carbons (Fsp3) is 0.412. The average Bonchev–Trinajstić information content (AvgIpc) is 3.24. The fourth-order valence-corrected chi connectivity index (χ4v) is 3.23. The third kappa shape index (κ3) is 4.71. The predicted molar refractivity (Wildman–Crippen MR) is 90.7 cm³/mol. The van der Waals surface area contributed by atoms with Gasteiger partial charge in [-0.1, -0.05) is 11.6 Å². The zero-order valence-electron chi connectivity index (χ0n) is 12.3. The lowest BCUT2D eigenvalue weighted by Crippen LogP contribution is -2.36. The molecular formula is C17H20ClNO2S. The van der Waals surface area contributed by atoms with E-state index in [-0.39, 0.29) is 0 Å². The maximum absolute atomic E-state index is 10.3. The Balaban J connectivity index is 1.48. The number of rotatable bonds is 8. The fourth-order valence-electron chi connectivity index (χ4n) is 2.45. The molecule has 0 saturated heterocycles. The van der Waals surface area contributed by atoms with Crippen LogP contribution in [0.3, 0.4) is 0 Å². The molecule has 1 aliphatic carbocycles. The first-order valence-electron chi connectivity index (χ1n) is 7.52. The summed E-state index contributed by atoms with van der Waals surface area (Å²) in [5, 5.41) is 15.2. The Morgan fingerprint density at radius 2 is 2.05 bits per heavy atom. The maximum atomic E-state index is 10.3. The molecule has 2 aromatic rings. The van der Waals surface area contributed by atoms with Gasteiger partial charge in [0.25, 0.3) is 0 Å². The summed E-state index contributed by atoms with van der Waals surface area (Å²) in [5.41, 5.74) is 1.32. The summed E-state index contributed by atoms with van der Waals surface area (Å²) in [6.07, 6.45) is 1.97. The minimum atomic E-state index is -0.491. The zero-order valence-corrected chi connectivity index (χ0v) is 13.9. The molecule has 3 rings (SSSR count). The lowest BCUT2D eigenvalue weighted by atomic mass is 10.2. The average molecular weight is 338 g/mol. The Bertz CT molecular complexity index is 569. The van der Waals surface area contributed by atoms with Gasteiger partial charge >= 0.3 is 0 Å². The highest BCUT2D eigenvalue weighted by molar-refractivity contribution is 7.07. The summed E-state index contributed by atoms with van der Waals surface area (Å²) in [5.74, 6) is 0.735. The molecule has 5 heteroatoms. The van der Waals surface area contributed by atoms with Crippen molar-refractivity contribution in [2.24, 2.45) is 0 Å². The van der Waals surface area contributed by atoms with Gasteiger partial charge in [0.15, 0.2) is 0 Å². The van der Waals surface area contributed by atoms with Gasteiger partial charge < -0.3 is 9.84 Å². The minimum absolute atomic E-state index is 0.300. The lowest BCUT2D eigenvalue weighted by molar-refractivity contribution is 0.0627. The van der Waals surface area contributed by atoms with Crippen molar-refractivity contribution in [2.45, 2.75) is 31.5 Å². The smallest absolute Gasteiger partial charge is 0.119 e. The number of aliphatic hydroxyl groups is 1. The molecule has 1 heterocycles. The molecule has 3 nitrogen and oxygen atoms in total. The first-order valence-corrected chi connectivity index (χ1v) is 8.84. The number of nitrogens with zero attached hydrogens (tertiary/aromatic N) is 1. The van der Waals surface area contributed by atoms with Gasteiger partial charge in [0.2, 0.25) is 0 Å². The summed E-state index contributed by atoms with van der Waals surface area (Å²) in [6, 6.07) is 9.98. The highest BCUT2D eigenvalue weighted by atomic mass is 35.5. The Morgan fingerprint density at radius 3 is 2.68 bits per heavy atom. The molecule has 22 heavy (non-hydrogen) atoms. The molecule has 118 valence electrons. The van der Waals surface area contributed by atoms with Gasteiger partial charge in [-0.3, -0.25) is 4.90 Å². The molecule has 1 aliphatic rings. The van der Waals surface area contributed by atoms with Crippen LogP contribution in [0.1, 0.15) is 18.4 Å². The van der Waals surface area contributed by atoms with E-state index in [4.69, 9.17) is 16.3 Å². The van der Waals surface area contributed by atoms with Gasteiger partial charge in [-0.05, 0) is 59.5 Å². The van der Waals surface area contributed by atoms with Crippen LogP contribution in [-0.2, 0) is 6.54 Å². The highest BCUT2D eigenvalue weighted by Gasteiger charge is 2.30. The van der Waals surface area contributed by atoms with Crippen molar-refractivity contribution in [3.8, 4) is 5.75 Å². The van der Waals surface area contributed by atoms with E-state index in [9.17, 15) is 5.11 Å². The van der Waals surface area contributed by atoms with Gasteiger partial charge in [-0.15, -0.1) is 0 Å². The van der Waals surface area contributed by atoms with Crippen LogP contribution in [0, 0.1) is 0 Å². The van der Waals surface area contributed by atoms with E-state index in [0.29, 0.717) is 24.2 Å². The van der Waals surface area contributed by atoms with Gasteiger partial charge in [-0.25, -0.2) is 0 Å². The summed E-state index contributed by atoms with van der Waals surface area (Å²) in [6.45, 7) is 1.86. The Kier molecular flexibility index (Phi) is 5.37. The second-order valence-electron chi connectivity index (χ2n) is 5.71. The molecule has 1 atom stereocenters. The molecule has 0 spiro atoms. The summed E-state index contributed by atoms with van der Waals surface area (Å²) in [7, 11) is 0. The quantitative estimate of drug-likeness (QED) is 0.795. The third-order valence-corrected chi connectivity index (χ3v) is 4.71. The second-order valence-corrected chi connectivity index (χ2v) is 6.93. The van der Waals surface area contributed by atoms with Crippen molar-refractivity contribution in [1.29, 1.82) is 0 Å². The minimum Gasteiger partial charge on any atom is -0.491 e. The molecule has 0 amide bonds. The van der Waals surface area contributed by atoms with Crippen LogP contribution in [0.5, 0.6) is 5.75 Å². The Hall–Kier alpha value is -1.07. The number of hydrogen-bond donors (Lipinski definition) is 1. The predicted octanol–water partition coefficient (Wildman–Crippen LogP) is 3.81. The number of aliphatic hydroxyl groups excluding tert-OH is 1. The summed E-state index contributed by atoms with van der Waals surface area (Å²) >= 11 is 7.56. The highest BCUT2D eigenvalue weighted by Crippen LogP contribution is 2.29. The number of thiophene rings is 1. The van der Waals surface area contributed by atoms with Crippen LogP contribution >= 0.6 is 22.9 Å². The number of hydrogen-bond acceptors (Lipinski definition) is 4. The molecule has 1 fully saturated rings. The monoisotopic (exact) mass is 337 g/mol. The van der Waals surface area contributed by atoms with Crippen LogP contribution in [-0.4, -0.2) is 35.3 Å². The third-order valence-electron chi connectivity index (χ3n) is 3.73. The molecular weight excluding hydrogens is 318 g/mol. The SMILES string of the molecule is OC(COc1ccc(Cl)cc1)CN(Cc1ccsc1)C1CC1. The molecule has 0 radical (unpaired) electrons. The number of ether oxygens (including phenoxy) is 1. The van der Waals surface area contributed by atoms with E-state index in [0.717, 1.165) is 12.3 Å². The lowest BCUT2D eigenvalue weighted by Gasteiger charge is -2.24. The van der Waals surface area contributed by atoms with Crippen molar-refractivity contribution in [1.82, 2.24) is 4.90 Å². The van der Waals surface area contributed by atoms with E-state index < -0.39 is 6.10 Å². The zero-order chi connectivity index (χ0) is 15.4. The van der Waals surface area contributed by atoms with Crippen molar-refractivity contribution in [2.75, 3.05) is 13.2 Å². The molecule has 1 aromatic heterocycles. The Morgan fingerprint density at radius 1 is 1.27 bits per heavy atom. The molecule has 0 aliphatic heterocycles. The standard InChI is InChI=1S/C17H20ClNO2S/c18-14-1-5-17(6-2-14)21-11-16(20)10-19(15-3-4-15)9-13-7-8-22-12-13/h1-2,5-8,12,15-16,20H,3-4,9-11H2. The van der Waals surface area contributed by atoms with E-state index in [1.165, 1.54) is 18.4 Å². The van der Waals surface area contributed by atoms with Crippen molar-refractivity contribution < 1.29 is 9.84 Å². The topological polar surface area (TPSA) is 32.7 Å². The number of benzene rings is 1. The van der Waals surface area contributed by atoms with Gasteiger partial charge in [0.1, 0.15) is 18.5 Å². The van der Waals surface area contributed by atoms with Crippen molar-refractivity contribution >= 4 is 22.9 Å². The first-order chi connectivity index (χ1) is 10.7. The van der Waals surface area contributed by atoms with E-state index in [2.05, 4.69) is 21.7 Å². The second kappa shape index (κ2) is 7.47. The molecule has 1 saturated carbocycles. The van der Waals surface area contributed by atoms with E-state index >= 15 is 0 Å². The largest absolute Gasteiger partial charge is 0.491 e. The van der Waals surface area contributed by atoms with Crippen molar-refractivity contribution in [3.05, 3.63) is 51.7 Å². The number of halogens is 1. The molecule has 1 unspecified atom stereocenters. The van der Waals surface area contributed by atoms with E-state index in [1.807, 2.05) is 12.1 Å². The van der Waals surface area contributed by atoms with Gasteiger partial charge in [0.05, 0.1) is 0 Å². The van der Waals surface area contributed by atoms with Gasteiger partial charge in [0, 0.05) is 24.2 Å².